The lowest BCUT2D eigenvalue weighted by molar-refractivity contribution is -0.452. The van der Waals surface area contributed by atoms with E-state index in [1.54, 1.807) is 12.4 Å². The molecule has 0 radical (unpaired) electrons. The number of rotatable bonds is 8. The summed E-state index contributed by atoms with van der Waals surface area (Å²) in [5, 5.41) is 0. The summed E-state index contributed by atoms with van der Waals surface area (Å²) >= 11 is 0. The highest BCUT2D eigenvalue weighted by atomic mass is 35.5. The van der Waals surface area contributed by atoms with Gasteiger partial charge in [0.2, 0.25) is 24.0 Å². The molecular formula is C14H24Cl2N4O2. The zero-order valence-electron chi connectivity index (χ0n) is 13.4. The Labute approximate surface area is 144 Å². The van der Waals surface area contributed by atoms with Gasteiger partial charge in [0.1, 0.15) is 0 Å². The lowest BCUT2D eigenvalue weighted by atomic mass is 10.2. The van der Waals surface area contributed by atoms with Gasteiger partial charge in [0, 0.05) is 25.9 Å². The second kappa shape index (κ2) is 11.5. The molecular weight excluding hydrogens is 327 g/mol. The fraction of sp³-hybridized carbons (Fsp3) is 0.571. The Morgan fingerprint density at radius 2 is 1.14 bits per heavy atom. The Bertz CT molecular complexity index is 421. The van der Waals surface area contributed by atoms with Crippen molar-refractivity contribution in [3.63, 3.8) is 0 Å². The van der Waals surface area contributed by atoms with Crippen LogP contribution in [0.3, 0.4) is 0 Å². The first-order chi connectivity index (χ1) is 9.40. The molecule has 1 heterocycles. The number of Topliss-reactive ketones (excluding diaryl/α,β-unsaturated/α-hetero) is 2. The number of hydrogen-bond donors (Lipinski definition) is 0. The van der Waals surface area contributed by atoms with Crippen molar-refractivity contribution in [2.24, 2.45) is 0 Å². The van der Waals surface area contributed by atoms with Crippen LogP contribution in [0.25, 0.3) is 0 Å². The normalized spacial score (nSPS) is 10.1. The summed E-state index contributed by atoms with van der Waals surface area (Å²) < 4.78 is 0. The molecule has 0 aliphatic heterocycles. The van der Waals surface area contributed by atoms with Crippen LogP contribution in [0.2, 0.25) is 0 Å². The first-order valence-electron chi connectivity index (χ1n) is 6.69. The molecule has 1 aromatic heterocycles. The zero-order valence-corrected chi connectivity index (χ0v) is 15.0. The largest absolute Gasteiger partial charge is 1.00 e. The maximum absolute atomic E-state index is 11.9. The van der Waals surface area contributed by atoms with Gasteiger partial charge in [0.05, 0.1) is 0 Å². The number of nitrogens with zero attached hydrogens (tertiary/aromatic N) is 2. The van der Waals surface area contributed by atoms with Gasteiger partial charge in [0.15, 0.2) is 0 Å². The van der Waals surface area contributed by atoms with Gasteiger partial charge >= 0.3 is 11.4 Å². The van der Waals surface area contributed by atoms with Gasteiger partial charge in [-0.15, -0.1) is 0 Å². The van der Waals surface area contributed by atoms with Crippen LogP contribution in [0.5, 0.6) is 0 Å². The minimum Gasteiger partial charge on any atom is -1.00 e. The molecule has 0 bridgehead atoms. The number of aromatic nitrogens is 2. The van der Waals surface area contributed by atoms with Gasteiger partial charge in [-0.3, -0.25) is 9.59 Å². The van der Waals surface area contributed by atoms with Crippen LogP contribution in [0.1, 0.15) is 33.8 Å². The smallest absolute Gasteiger partial charge is 0.311 e. The van der Waals surface area contributed by atoms with E-state index in [0.29, 0.717) is 37.3 Å². The summed E-state index contributed by atoms with van der Waals surface area (Å²) in [6, 6.07) is 0. The van der Waals surface area contributed by atoms with Gasteiger partial charge in [-0.05, 0) is 28.2 Å². The van der Waals surface area contributed by atoms with Gasteiger partial charge in [-0.25, -0.2) is 0 Å². The number of nitrogens with one attached hydrogen (secondary N) is 2. The quantitative estimate of drug-likeness (QED) is 0.437. The number of carbonyl (C=O) groups excluding carboxylic acids is 2. The highest BCUT2D eigenvalue weighted by molar-refractivity contribution is 5.94. The van der Waals surface area contributed by atoms with Crippen LogP contribution in [-0.4, -0.2) is 62.6 Å². The molecule has 0 amide bonds. The van der Waals surface area contributed by atoms with Crippen molar-refractivity contribution >= 4 is 11.6 Å². The van der Waals surface area contributed by atoms with Crippen molar-refractivity contribution in [3.8, 4) is 0 Å². The van der Waals surface area contributed by atoms with Crippen LogP contribution in [0.4, 0.5) is 0 Å². The third kappa shape index (κ3) is 8.38. The molecule has 0 aliphatic rings. The highest BCUT2D eigenvalue weighted by Gasteiger charge is 2.21. The molecule has 0 aliphatic carbocycles. The number of halogens is 2. The van der Waals surface area contributed by atoms with Gasteiger partial charge in [-0.1, -0.05) is 0 Å². The highest BCUT2D eigenvalue weighted by Crippen LogP contribution is 1.97. The SMILES string of the molecule is CN(C)CCC(=O)c1c[nH+]c(C(=O)CCN(C)C)c[nH+]1.[Cl-].[Cl-]. The molecule has 8 heteroatoms. The Morgan fingerprint density at radius 1 is 0.818 bits per heavy atom. The summed E-state index contributed by atoms with van der Waals surface area (Å²) in [5.74, 6) is 0.0597. The van der Waals surface area contributed by atoms with Gasteiger partial charge in [0.25, 0.3) is 0 Å². The van der Waals surface area contributed by atoms with Crippen LogP contribution in [0.15, 0.2) is 12.4 Å². The average molecular weight is 351 g/mol. The second-order valence-corrected chi connectivity index (χ2v) is 5.36. The minimum atomic E-state index is 0. The third-order valence-electron chi connectivity index (χ3n) is 2.92. The topological polar surface area (TPSA) is 68.9 Å². The summed E-state index contributed by atoms with van der Waals surface area (Å²) in [4.78, 5) is 33.5. The predicted molar refractivity (Wildman–Crippen MR) is 74.6 cm³/mol. The number of carbonyl (C=O) groups is 2. The van der Waals surface area contributed by atoms with Crippen molar-refractivity contribution in [3.05, 3.63) is 23.8 Å². The predicted octanol–water partition coefficient (Wildman–Crippen LogP) is -6.41. The van der Waals surface area contributed by atoms with E-state index in [2.05, 4.69) is 9.97 Å². The molecule has 2 N–H and O–H groups in total. The molecule has 22 heavy (non-hydrogen) atoms. The molecule has 0 saturated carbocycles. The molecule has 0 atom stereocenters. The number of aromatic amines is 2. The molecule has 0 saturated heterocycles. The van der Waals surface area contributed by atoms with Crippen LogP contribution < -0.4 is 34.8 Å². The fourth-order valence-corrected chi connectivity index (χ4v) is 1.62. The van der Waals surface area contributed by atoms with E-state index >= 15 is 0 Å². The molecule has 126 valence electrons. The Balaban J connectivity index is 0. The molecule has 1 aromatic rings. The van der Waals surface area contributed by atoms with Crippen molar-refractivity contribution in [2.45, 2.75) is 12.8 Å². The van der Waals surface area contributed by atoms with Crippen LogP contribution in [-0.2, 0) is 0 Å². The standard InChI is InChI=1S/C14H22N4O2.2ClH/c1-17(2)7-5-13(19)11-9-16-12(10-15-11)14(20)6-8-18(3)4;;/h9-10H,5-8H2,1-4H3;2*1H. The first kappa shape index (κ1) is 23.2. The molecule has 1 rings (SSSR count). The second-order valence-electron chi connectivity index (χ2n) is 5.36. The Morgan fingerprint density at radius 3 is 1.36 bits per heavy atom. The molecule has 6 nitrogen and oxygen atoms in total. The molecule has 0 aromatic carbocycles. The van der Waals surface area contributed by atoms with E-state index in [1.165, 1.54) is 0 Å². The number of hydrogen-bond acceptors (Lipinski definition) is 4. The summed E-state index contributed by atoms with van der Waals surface area (Å²) in [7, 11) is 7.70. The van der Waals surface area contributed by atoms with Crippen LogP contribution in [0, 0.1) is 0 Å². The van der Waals surface area contributed by atoms with E-state index < -0.39 is 0 Å². The summed E-state index contributed by atoms with van der Waals surface area (Å²) in [6.07, 6.45) is 4.04. The first-order valence-corrected chi connectivity index (χ1v) is 6.69. The van der Waals surface area contributed by atoms with Gasteiger partial charge < -0.3 is 34.6 Å². The van der Waals surface area contributed by atoms with E-state index in [4.69, 9.17) is 0 Å². The summed E-state index contributed by atoms with van der Waals surface area (Å²) in [6.45, 7) is 1.41. The lowest BCUT2D eigenvalue weighted by Gasteiger charge is -2.06. The molecule has 0 spiro atoms. The van der Waals surface area contributed by atoms with Crippen molar-refractivity contribution in [2.75, 3.05) is 41.3 Å². The fourth-order valence-electron chi connectivity index (χ4n) is 1.62. The maximum Gasteiger partial charge on any atom is 0.311 e. The zero-order chi connectivity index (χ0) is 15.1. The minimum absolute atomic E-state index is 0. The van der Waals surface area contributed by atoms with Crippen molar-refractivity contribution in [1.82, 2.24) is 9.80 Å². The van der Waals surface area contributed by atoms with E-state index in [1.807, 2.05) is 38.0 Å². The van der Waals surface area contributed by atoms with E-state index in [-0.39, 0.29) is 36.4 Å². The van der Waals surface area contributed by atoms with E-state index in [9.17, 15) is 9.59 Å². The lowest BCUT2D eigenvalue weighted by Crippen LogP contribution is -3.00. The van der Waals surface area contributed by atoms with E-state index in [0.717, 1.165) is 0 Å². The summed E-state index contributed by atoms with van der Waals surface area (Å²) in [5.41, 5.74) is 0.993. The van der Waals surface area contributed by atoms with Crippen molar-refractivity contribution in [1.29, 1.82) is 0 Å². The molecule has 0 fully saturated rings. The number of H-pyrrole nitrogens is 2. The Kier molecular flexibility index (Phi) is 12.1. The Hall–Kier alpha value is -1.08. The average Bonchev–Trinajstić information content (AvgIpc) is 2.42. The molecule has 0 unspecified atom stereocenters. The third-order valence-corrected chi connectivity index (χ3v) is 2.92. The monoisotopic (exact) mass is 350 g/mol. The van der Waals surface area contributed by atoms with Crippen molar-refractivity contribution < 1.29 is 44.4 Å². The number of ketones is 2. The maximum atomic E-state index is 11.9. The van der Waals surface area contributed by atoms with Gasteiger partial charge in [-0.2, -0.15) is 9.97 Å². The van der Waals surface area contributed by atoms with Crippen LogP contribution >= 0.6 is 0 Å².